The van der Waals surface area contributed by atoms with Gasteiger partial charge >= 0.3 is 0 Å². The van der Waals surface area contributed by atoms with Crippen molar-refractivity contribution in [1.82, 2.24) is 0 Å². The molecule has 0 amide bonds. The molecule has 5 heteroatoms. The van der Waals surface area contributed by atoms with Gasteiger partial charge < -0.3 is 9.47 Å². The molecule has 2 nitrogen and oxygen atoms in total. The molecule has 0 aliphatic carbocycles. The molecule has 0 bridgehead atoms. The molecule has 0 aromatic heterocycles. The fourth-order valence-electron chi connectivity index (χ4n) is 4.30. The zero-order valence-corrected chi connectivity index (χ0v) is 20.6. The van der Waals surface area contributed by atoms with Gasteiger partial charge in [0, 0.05) is 19.6 Å². The van der Waals surface area contributed by atoms with Crippen LogP contribution in [0.15, 0.2) is 60.7 Å². The zero-order chi connectivity index (χ0) is 20.6. The molecule has 2 aromatic carbocycles. The first-order chi connectivity index (χ1) is 14.2. The van der Waals surface area contributed by atoms with Crippen LogP contribution in [0, 0.1) is 0 Å². The van der Waals surface area contributed by atoms with Crippen molar-refractivity contribution >= 4 is 42.0 Å². The van der Waals surface area contributed by atoms with E-state index in [1.54, 1.807) is 0 Å². The topological polar surface area (TPSA) is 18.5 Å². The van der Waals surface area contributed by atoms with E-state index in [1.807, 2.05) is 0 Å². The van der Waals surface area contributed by atoms with E-state index in [4.69, 9.17) is 9.47 Å². The Bertz CT molecular complexity index is 675. The van der Waals surface area contributed by atoms with Crippen LogP contribution in [0.1, 0.15) is 33.1 Å². The van der Waals surface area contributed by atoms with Crippen LogP contribution in [-0.4, -0.2) is 42.8 Å². The summed E-state index contributed by atoms with van der Waals surface area (Å²) in [5.41, 5.74) is 0. The fraction of sp³-hybridized carbons (Fsp3) is 0.500. The molecule has 0 atom stereocenters. The Hall–Kier alpha value is -0.723. The Morgan fingerprint density at radius 3 is 1.79 bits per heavy atom. The molecule has 1 aliphatic rings. The first kappa shape index (κ1) is 23.0. The van der Waals surface area contributed by atoms with E-state index < -0.39 is 8.07 Å². The number of rotatable bonds is 10. The van der Waals surface area contributed by atoms with Crippen molar-refractivity contribution in [3.05, 3.63) is 60.7 Å². The van der Waals surface area contributed by atoms with Gasteiger partial charge in [0.25, 0.3) is 0 Å². The summed E-state index contributed by atoms with van der Waals surface area (Å²) in [4.78, 5) is 0. The molecule has 29 heavy (non-hydrogen) atoms. The maximum absolute atomic E-state index is 5.92. The van der Waals surface area contributed by atoms with Crippen LogP contribution < -0.4 is 10.4 Å². The van der Waals surface area contributed by atoms with Crippen LogP contribution in [-0.2, 0) is 9.47 Å². The van der Waals surface area contributed by atoms with Crippen molar-refractivity contribution < 1.29 is 9.47 Å². The first-order valence-corrected chi connectivity index (χ1v) is 15.3. The van der Waals surface area contributed by atoms with Gasteiger partial charge in [0.15, 0.2) is 6.29 Å². The smallest absolute Gasteiger partial charge is 0.157 e. The van der Waals surface area contributed by atoms with Crippen molar-refractivity contribution in [3.63, 3.8) is 0 Å². The normalized spacial score (nSPS) is 16.8. The lowest BCUT2D eigenvalue weighted by Gasteiger charge is -2.49. The largest absolute Gasteiger partial charge is 0.353 e. The zero-order valence-electron chi connectivity index (χ0n) is 17.9. The van der Waals surface area contributed by atoms with Crippen molar-refractivity contribution in [2.24, 2.45) is 0 Å². The molecular weight excluding hydrogens is 412 g/mol. The van der Waals surface area contributed by atoms with Gasteiger partial charge in [-0.05, 0) is 38.2 Å². The second kappa shape index (κ2) is 11.1. The maximum atomic E-state index is 5.92. The second-order valence-electron chi connectivity index (χ2n) is 7.54. The summed E-state index contributed by atoms with van der Waals surface area (Å²) in [5.74, 6) is 2.48. The number of hydrogen-bond donors (Lipinski definition) is 0. The van der Waals surface area contributed by atoms with Crippen LogP contribution in [0.25, 0.3) is 0 Å². The third-order valence-corrected chi connectivity index (χ3v) is 16.9. The Kier molecular flexibility index (Phi) is 8.75. The first-order valence-electron chi connectivity index (χ1n) is 10.8. The van der Waals surface area contributed by atoms with Crippen molar-refractivity contribution in [1.29, 1.82) is 0 Å². The van der Waals surface area contributed by atoms with Crippen LogP contribution >= 0.6 is 23.5 Å². The Balaban J connectivity index is 2.02. The minimum atomic E-state index is -2.05. The molecule has 3 rings (SSSR count). The van der Waals surface area contributed by atoms with Gasteiger partial charge in [0.1, 0.15) is 8.07 Å². The van der Waals surface area contributed by atoms with Crippen LogP contribution in [0.3, 0.4) is 0 Å². The Morgan fingerprint density at radius 1 is 0.862 bits per heavy atom. The Labute approximate surface area is 186 Å². The lowest BCUT2D eigenvalue weighted by molar-refractivity contribution is -0.139. The van der Waals surface area contributed by atoms with Gasteiger partial charge in [-0.1, -0.05) is 77.6 Å². The summed E-state index contributed by atoms with van der Waals surface area (Å²) in [6, 6.07) is 22.5. The quantitative estimate of drug-likeness (QED) is 0.370. The Morgan fingerprint density at radius 2 is 1.34 bits per heavy atom. The molecular formula is C24H34O2S2Si. The average Bonchev–Trinajstić information content (AvgIpc) is 2.79. The predicted octanol–water partition coefficient (Wildman–Crippen LogP) is 5.16. The molecule has 1 heterocycles. The average molecular weight is 447 g/mol. The monoisotopic (exact) mass is 446 g/mol. The highest BCUT2D eigenvalue weighted by atomic mass is 32.2. The van der Waals surface area contributed by atoms with E-state index in [9.17, 15) is 0 Å². The van der Waals surface area contributed by atoms with Gasteiger partial charge in [0.05, 0.1) is 3.70 Å². The van der Waals surface area contributed by atoms with E-state index >= 15 is 0 Å². The highest BCUT2D eigenvalue weighted by Gasteiger charge is 2.53. The van der Waals surface area contributed by atoms with Crippen molar-refractivity contribution in [3.8, 4) is 0 Å². The van der Waals surface area contributed by atoms with E-state index in [0.29, 0.717) is 13.2 Å². The predicted molar refractivity (Wildman–Crippen MR) is 132 cm³/mol. The van der Waals surface area contributed by atoms with E-state index in [0.717, 1.165) is 12.8 Å². The molecule has 0 spiro atoms. The summed E-state index contributed by atoms with van der Waals surface area (Å²) in [5, 5.41) is 3.05. The highest BCUT2D eigenvalue weighted by Crippen LogP contribution is 2.51. The van der Waals surface area contributed by atoms with Crippen molar-refractivity contribution in [2.45, 2.75) is 49.6 Å². The van der Waals surface area contributed by atoms with Gasteiger partial charge in [-0.3, -0.25) is 0 Å². The van der Waals surface area contributed by atoms with Gasteiger partial charge in [-0.25, -0.2) is 0 Å². The molecule has 0 radical (unpaired) electrons. The van der Waals surface area contributed by atoms with Gasteiger partial charge in [-0.15, -0.1) is 23.5 Å². The molecule has 0 saturated carbocycles. The lowest BCUT2D eigenvalue weighted by atomic mass is 10.3. The molecule has 1 aliphatic heterocycles. The minimum absolute atomic E-state index is 0.102. The van der Waals surface area contributed by atoms with Gasteiger partial charge in [0.2, 0.25) is 0 Å². The third-order valence-electron chi connectivity index (χ3n) is 5.84. The molecule has 1 saturated heterocycles. The number of hydrogen-bond acceptors (Lipinski definition) is 4. The number of benzene rings is 2. The minimum Gasteiger partial charge on any atom is -0.353 e. The van der Waals surface area contributed by atoms with Crippen LogP contribution in [0.5, 0.6) is 0 Å². The molecule has 2 aromatic rings. The standard InChI is InChI=1S/C24H34O2S2Si/c1-4-25-23(26-5-2)17-18-24(27-19-12-20-28-24)29(3,21-13-8-6-9-14-21)22-15-10-7-11-16-22/h6-11,13-16,23H,4-5,12,17-20H2,1-3H3. The molecule has 1 fully saturated rings. The molecule has 0 unspecified atom stereocenters. The van der Waals surface area contributed by atoms with Crippen LogP contribution in [0.2, 0.25) is 6.55 Å². The molecule has 158 valence electrons. The maximum Gasteiger partial charge on any atom is 0.157 e. The summed E-state index contributed by atoms with van der Waals surface area (Å²) in [7, 11) is -2.05. The summed E-state index contributed by atoms with van der Waals surface area (Å²) < 4.78 is 12.0. The van der Waals surface area contributed by atoms with E-state index in [2.05, 4.69) is 105 Å². The lowest BCUT2D eigenvalue weighted by Crippen LogP contribution is -2.69. The van der Waals surface area contributed by atoms with E-state index in [1.165, 1.54) is 28.3 Å². The SMILES string of the molecule is CCOC(CCC1([Si](C)(c2ccccc2)c2ccccc2)SCCCS1)OCC. The van der Waals surface area contributed by atoms with Crippen molar-refractivity contribution in [2.75, 3.05) is 24.7 Å². The summed E-state index contributed by atoms with van der Waals surface area (Å²) in [6.07, 6.45) is 3.25. The molecule has 0 N–H and O–H groups in total. The third kappa shape index (κ3) is 5.13. The summed E-state index contributed by atoms with van der Waals surface area (Å²) in [6.45, 7) is 8.09. The second-order valence-corrected chi connectivity index (χ2v) is 15.6. The highest BCUT2D eigenvalue weighted by molar-refractivity contribution is 8.21. The van der Waals surface area contributed by atoms with Crippen LogP contribution in [0.4, 0.5) is 0 Å². The van der Waals surface area contributed by atoms with E-state index in [-0.39, 0.29) is 9.99 Å². The van der Waals surface area contributed by atoms with Gasteiger partial charge in [-0.2, -0.15) is 0 Å². The number of ether oxygens (including phenoxy) is 2. The fourth-order valence-corrected chi connectivity index (χ4v) is 15.0. The number of thioether (sulfide) groups is 2. The summed E-state index contributed by atoms with van der Waals surface area (Å²) >= 11 is 4.40.